The first kappa shape index (κ1) is 27.2. The van der Waals surface area contributed by atoms with Gasteiger partial charge in [-0.05, 0) is 12.8 Å². The van der Waals surface area contributed by atoms with Gasteiger partial charge in [0.15, 0.2) is 0 Å². The minimum absolute atomic E-state index is 0. The maximum absolute atomic E-state index is 10.9. The molecule has 10 nitrogen and oxygen atoms in total. The van der Waals surface area contributed by atoms with Crippen LogP contribution in [-0.2, 0) is 14.3 Å². The van der Waals surface area contributed by atoms with Gasteiger partial charge in [-0.15, -0.1) is 0 Å². The smallest absolute Gasteiger partial charge is 0.550 e. The van der Waals surface area contributed by atoms with Crippen LogP contribution in [0.15, 0.2) is 0 Å². The monoisotopic (exact) mass is 385 g/mol. The predicted molar refractivity (Wildman–Crippen MR) is 59.9 cm³/mol. The maximum atomic E-state index is 10.9. The number of carbonyl (C=O) groups excluding carboxylic acids is 2. The average Bonchev–Trinajstić information content (AvgIpc) is 2.42. The first-order chi connectivity index (χ1) is 9.77. The van der Waals surface area contributed by atoms with E-state index in [1.54, 1.807) is 0 Å². The van der Waals surface area contributed by atoms with Gasteiger partial charge in [0, 0.05) is 12.0 Å². The van der Waals surface area contributed by atoms with Crippen LogP contribution < -0.4 is 118 Å². The van der Waals surface area contributed by atoms with E-state index in [9.17, 15) is 35.1 Å². The second-order valence-electron chi connectivity index (χ2n) is 4.70. The van der Waals surface area contributed by atoms with E-state index >= 15 is 0 Å². The molecule has 1 saturated heterocycles. The quantitative estimate of drug-likeness (QED) is 0.264. The zero-order chi connectivity index (χ0) is 16.2. The van der Waals surface area contributed by atoms with Gasteiger partial charge in [-0.2, -0.15) is 0 Å². The van der Waals surface area contributed by atoms with Crippen molar-refractivity contribution in [3.63, 3.8) is 0 Å². The summed E-state index contributed by atoms with van der Waals surface area (Å²) in [6, 6.07) is -1.48. The molecule has 0 unspecified atom stereocenters. The van der Waals surface area contributed by atoms with E-state index in [1.807, 2.05) is 0 Å². The number of ether oxygens (including phenoxy) is 1. The van der Waals surface area contributed by atoms with Gasteiger partial charge in [-0.3, -0.25) is 5.32 Å². The Hall–Kier alpha value is 1.97. The van der Waals surface area contributed by atoms with Crippen LogP contribution in [0.4, 0.5) is 0 Å². The minimum Gasteiger partial charge on any atom is -0.550 e. The van der Waals surface area contributed by atoms with Gasteiger partial charge >= 0.3 is 103 Å². The predicted octanol–water partition coefficient (Wildman–Crippen LogP) is -12.0. The molecule has 122 valence electrons. The normalized spacial score (nSPS) is 31.4. The zero-order valence-corrected chi connectivity index (χ0v) is 19.2. The molecule has 0 aromatic carbocycles. The molecule has 0 aliphatic carbocycles. The Morgan fingerprint density at radius 1 is 1.09 bits per heavy atom. The molecular formula is C11H17K2NO9. The molecule has 1 heterocycles. The molecule has 6 atom stereocenters. The number of carboxylic acid groups (broad SMARTS) is 2. The molecule has 1 aliphatic heterocycles. The van der Waals surface area contributed by atoms with Crippen LogP contribution in [0.5, 0.6) is 0 Å². The molecule has 12 heteroatoms. The fourth-order valence-corrected chi connectivity index (χ4v) is 1.97. The summed E-state index contributed by atoms with van der Waals surface area (Å²) in [7, 11) is 0. The van der Waals surface area contributed by atoms with Crippen molar-refractivity contribution < 1.29 is 148 Å². The maximum Gasteiger partial charge on any atom is 1.00 e. The number of hydrogen-bond acceptors (Lipinski definition) is 10. The number of aliphatic carboxylic acids is 2. The van der Waals surface area contributed by atoms with E-state index < -0.39 is 61.7 Å². The van der Waals surface area contributed by atoms with Crippen molar-refractivity contribution in [1.29, 1.82) is 0 Å². The molecule has 0 spiro atoms. The number of hydrogen-bond donors (Lipinski definition) is 5. The summed E-state index contributed by atoms with van der Waals surface area (Å²) < 4.78 is 5.04. The van der Waals surface area contributed by atoms with E-state index in [2.05, 4.69) is 5.32 Å². The second kappa shape index (κ2) is 13.2. The number of carboxylic acids is 2. The van der Waals surface area contributed by atoms with Gasteiger partial charge in [-0.25, -0.2) is 0 Å². The van der Waals surface area contributed by atoms with Crippen molar-refractivity contribution in [2.75, 3.05) is 6.61 Å². The van der Waals surface area contributed by atoms with Gasteiger partial charge in [0.25, 0.3) is 0 Å². The Balaban J connectivity index is 0. The largest absolute Gasteiger partial charge is 1.00 e. The number of rotatable bonds is 7. The second-order valence-corrected chi connectivity index (χ2v) is 4.70. The van der Waals surface area contributed by atoms with E-state index in [0.717, 1.165) is 0 Å². The van der Waals surface area contributed by atoms with Crippen LogP contribution in [0.25, 0.3) is 0 Å². The van der Waals surface area contributed by atoms with Crippen LogP contribution in [0.3, 0.4) is 0 Å². The first-order valence-corrected chi connectivity index (χ1v) is 6.25. The Labute approximate surface area is 217 Å². The molecule has 0 radical (unpaired) electrons. The summed E-state index contributed by atoms with van der Waals surface area (Å²) in [5.74, 6) is -3.09. The number of aliphatic hydroxyl groups excluding tert-OH is 4. The van der Waals surface area contributed by atoms with Gasteiger partial charge in [0.2, 0.25) is 0 Å². The Morgan fingerprint density at radius 3 is 2.09 bits per heavy atom. The van der Waals surface area contributed by atoms with E-state index in [1.165, 1.54) is 0 Å². The first-order valence-electron chi connectivity index (χ1n) is 6.25. The van der Waals surface area contributed by atoms with Crippen LogP contribution in [0.1, 0.15) is 12.8 Å². The Kier molecular flexibility index (Phi) is 15.6. The average molecular weight is 385 g/mol. The number of nitrogens with one attached hydrogen (secondary N) is 1. The van der Waals surface area contributed by atoms with E-state index in [4.69, 9.17) is 9.84 Å². The molecule has 0 aromatic heterocycles. The standard InChI is InChI=1S/C11H19NO9.2K/c13-3-5-7(16)8(17)9(18)10(21-5)12-4(11(19)20)1-2-6(14)15;;/h4-5,7-10,12-13,16-18H,1-3H2,(H,14,15)(H,19,20);;/q;2*+1/p-2/t4-,5+,7+,8-,9+,10+;;/m0../s1. The summed E-state index contributed by atoms with van der Waals surface area (Å²) >= 11 is 0. The van der Waals surface area contributed by atoms with Crippen LogP contribution >= 0.6 is 0 Å². The molecular weight excluding hydrogens is 368 g/mol. The van der Waals surface area contributed by atoms with Crippen LogP contribution in [-0.4, -0.2) is 75.7 Å². The SMILES string of the molecule is O=C([O-])CC[C@H](N[C@@H]1O[C@H](CO)[C@@H](O)[C@H](O)[C@H]1O)C(=O)[O-].[K+].[K+]. The summed E-state index contributed by atoms with van der Waals surface area (Å²) in [4.78, 5) is 21.2. The molecule has 0 amide bonds. The summed E-state index contributed by atoms with van der Waals surface area (Å²) in [6.07, 6.45) is -8.50. The van der Waals surface area contributed by atoms with Crippen molar-refractivity contribution in [3.05, 3.63) is 0 Å². The van der Waals surface area contributed by atoms with Crippen molar-refractivity contribution in [1.82, 2.24) is 5.32 Å². The zero-order valence-electron chi connectivity index (χ0n) is 12.9. The topological polar surface area (TPSA) is 182 Å². The van der Waals surface area contributed by atoms with Crippen molar-refractivity contribution in [2.45, 2.75) is 49.5 Å². The van der Waals surface area contributed by atoms with Gasteiger partial charge < -0.3 is 45.0 Å². The molecule has 0 bridgehead atoms. The minimum atomic E-state index is -1.67. The molecule has 0 saturated carbocycles. The Morgan fingerprint density at radius 2 is 1.65 bits per heavy atom. The molecule has 5 N–H and O–H groups in total. The molecule has 0 aromatic rings. The summed E-state index contributed by atoms with van der Waals surface area (Å²) in [6.45, 7) is -0.668. The molecule has 1 fully saturated rings. The molecule has 23 heavy (non-hydrogen) atoms. The third-order valence-corrected chi connectivity index (χ3v) is 3.18. The van der Waals surface area contributed by atoms with Crippen LogP contribution in [0.2, 0.25) is 0 Å². The van der Waals surface area contributed by atoms with Gasteiger partial charge in [0.1, 0.15) is 30.6 Å². The third-order valence-electron chi connectivity index (χ3n) is 3.18. The Bertz CT molecular complexity index is 385. The number of carbonyl (C=O) groups is 2. The fourth-order valence-electron chi connectivity index (χ4n) is 1.97. The van der Waals surface area contributed by atoms with Gasteiger partial charge in [-0.1, -0.05) is 0 Å². The summed E-state index contributed by atoms with van der Waals surface area (Å²) in [5.41, 5.74) is 0. The van der Waals surface area contributed by atoms with E-state index in [0.29, 0.717) is 0 Å². The van der Waals surface area contributed by atoms with Crippen molar-refractivity contribution in [3.8, 4) is 0 Å². The molecule has 1 aliphatic rings. The van der Waals surface area contributed by atoms with Crippen molar-refractivity contribution in [2.24, 2.45) is 0 Å². The molecule has 1 rings (SSSR count). The number of aliphatic hydroxyl groups is 4. The van der Waals surface area contributed by atoms with Crippen LogP contribution in [0, 0.1) is 0 Å². The fraction of sp³-hybridized carbons (Fsp3) is 0.818. The van der Waals surface area contributed by atoms with Gasteiger partial charge in [0.05, 0.1) is 12.6 Å². The van der Waals surface area contributed by atoms with Crippen molar-refractivity contribution >= 4 is 11.9 Å². The third kappa shape index (κ3) is 8.47. The van der Waals surface area contributed by atoms with E-state index in [-0.39, 0.29) is 109 Å². The summed E-state index contributed by atoms with van der Waals surface area (Å²) in [5, 5.41) is 61.3.